The maximum Gasteiger partial charge on any atom is 0.406 e. The van der Waals surface area contributed by atoms with Gasteiger partial charge in [-0.15, -0.1) is 0 Å². The van der Waals surface area contributed by atoms with E-state index in [9.17, 15) is 18.0 Å². The summed E-state index contributed by atoms with van der Waals surface area (Å²) in [7, 11) is 0. The van der Waals surface area contributed by atoms with Crippen molar-refractivity contribution in [3.63, 3.8) is 0 Å². The van der Waals surface area contributed by atoms with Gasteiger partial charge in [0, 0.05) is 18.5 Å². The second-order valence-electron chi connectivity index (χ2n) is 6.07. The zero-order chi connectivity index (χ0) is 15.5. The molecule has 1 saturated carbocycles. The second-order valence-corrected chi connectivity index (χ2v) is 6.07. The van der Waals surface area contributed by atoms with Crippen molar-refractivity contribution in [2.24, 2.45) is 23.5 Å². The van der Waals surface area contributed by atoms with Crippen molar-refractivity contribution in [2.75, 3.05) is 13.1 Å². The molecule has 1 rings (SSSR count). The van der Waals surface area contributed by atoms with Crippen LogP contribution in [0.3, 0.4) is 0 Å². The van der Waals surface area contributed by atoms with Crippen LogP contribution in [0.25, 0.3) is 0 Å². The van der Waals surface area contributed by atoms with E-state index in [-0.39, 0.29) is 30.3 Å². The van der Waals surface area contributed by atoms with Crippen LogP contribution in [0.2, 0.25) is 0 Å². The molecule has 3 nitrogen and oxygen atoms in total. The average Bonchev–Trinajstić information content (AvgIpc) is 2.31. The number of nitrogens with zero attached hydrogens (tertiary/aromatic N) is 1. The predicted octanol–water partition coefficient (Wildman–Crippen LogP) is 2.80. The van der Waals surface area contributed by atoms with Gasteiger partial charge in [0.25, 0.3) is 0 Å². The van der Waals surface area contributed by atoms with Gasteiger partial charge in [0.2, 0.25) is 5.91 Å². The van der Waals surface area contributed by atoms with Gasteiger partial charge < -0.3 is 10.6 Å². The minimum Gasteiger partial charge on any atom is -0.333 e. The van der Waals surface area contributed by atoms with E-state index in [0.717, 1.165) is 11.3 Å². The number of hydrogen-bond donors (Lipinski definition) is 1. The van der Waals surface area contributed by atoms with Crippen molar-refractivity contribution in [2.45, 2.75) is 52.3 Å². The Bertz CT molecular complexity index is 333. The standard InChI is InChI=1S/C14H25F3N2O/c1-4-5-19(8-14(15,16)17)13(20)11-7-12(18)10(3)6-9(11)2/h9-12H,4-8,18H2,1-3H3. The number of halogens is 3. The lowest BCUT2D eigenvalue weighted by Crippen LogP contribution is -2.48. The van der Waals surface area contributed by atoms with Gasteiger partial charge in [-0.1, -0.05) is 20.8 Å². The first-order valence-electron chi connectivity index (χ1n) is 7.26. The summed E-state index contributed by atoms with van der Waals surface area (Å²) in [6.07, 6.45) is -2.55. The van der Waals surface area contributed by atoms with Crippen molar-refractivity contribution in [3.8, 4) is 0 Å². The molecule has 0 aromatic heterocycles. The second kappa shape index (κ2) is 6.78. The van der Waals surface area contributed by atoms with Crippen molar-refractivity contribution < 1.29 is 18.0 Å². The van der Waals surface area contributed by atoms with Crippen LogP contribution in [-0.2, 0) is 4.79 Å². The zero-order valence-electron chi connectivity index (χ0n) is 12.4. The van der Waals surface area contributed by atoms with Crippen LogP contribution in [0.4, 0.5) is 13.2 Å². The average molecular weight is 294 g/mol. The van der Waals surface area contributed by atoms with Crippen molar-refractivity contribution in [1.29, 1.82) is 0 Å². The van der Waals surface area contributed by atoms with Crippen LogP contribution in [0.1, 0.15) is 40.0 Å². The van der Waals surface area contributed by atoms with Crippen molar-refractivity contribution in [3.05, 3.63) is 0 Å². The Hall–Kier alpha value is -0.780. The van der Waals surface area contributed by atoms with Crippen LogP contribution >= 0.6 is 0 Å². The fourth-order valence-corrected chi connectivity index (χ4v) is 3.02. The van der Waals surface area contributed by atoms with Gasteiger partial charge >= 0.3 is 6.18 Å². The molecule has 0 radical (unpaired) electrons. The Morgan fingerprint density at radius 3 is 2.35 bits per heavy atom. The minimum atomic E-state index is -4.35. The van der Waals surface area contributed by atoms with Crippen LogP contribution in [0, 0.1) is 17.8 Å². The third kappa shape index (κ3) is 4.65. The number of carbonyl (C=O) groups is 1. The molecule has 0 heterocycles. The SMILES string of the molecule is CCCN(CC(F)(F)F)C(=O)C1CC(N)C(C)CC1C. The van der Waals surface area contributed by atoms with Gasteiger partial charge in [-0.05, 0) is 31.1 Å². The molecule has 1 amide bonds. The zero-order valence-corrected chi connectivity index (χ0v) is 12.4. The van der Waals surface area contributed by atoms with Gasteiger partial charge in [-0.2, -0.15) is 13.2 Å². The summed E-state index contributed by atoms with van der Waals surface area (Å²) in [6.45, 7) is 4.72. The number of rotatable bonds is 4. The third-order valence-electron chi connectivity index (χ3n) is 4.18. The van der Waals surface area contributed by atoms with Crippen LogP contribution in [0.5, 0.6) is 0 Å². The van der Waals surface area contributed by atoms with Gasteiger partial charge in [0.1, 0.15) is 6.54 Å². The molecule has 0 aliphatic heterocycles. The Kier molecular flexibility index (Phi) is 5.86. The first-order chi connectivity index (χ1) is 9.15. The number of carbonyl (C=O) groups excluding carboxylic acids is 1. The molecular weight excluding hydrogens is 269 g/mol. The monoisotopic (exact) mass is 294 g/mol. The molecule has 6 heteroatoms. The number of nitrogens with two attached hydrogens (primary N) is 1. The quantitative estimate of drug-likeness (QED) is 0.866. The van der Waals surface area contributed by atoms with E-state index in [1.165, 1.54) is 0 Å². The Labute approximate surface area is 118 Å². The van der Waals surface area contributed by atoms with Gasteiger partial charge in [0.15, 0.2) is 0 Å². The Morgan fingerprint density at radius 1 is 1.25 bits per heavy atom. The van der Waals surface area contributed by atoms with E-state index in [1.54, 1.807) is 6.92 Å². The maximum absolute atomic E-state index is 12.6. The van der Waals surface area contributed by atoms with Gasteiger partial charge in [-0.25, -0.2) is 0 Å². The molecule has 1 aliphatic rings. The third-order valence-corrected chi connectivity index (χ3v) is 4.18. The van der Waals surface area contributed by atoms with E-state index < -0.39 is 12.7 Å². The normalized spacial score (nSPS) is 31.1. The lowest BCUT2D eigenvalue weighted by atomic mass is 9.72. The summed E-state index contributed by atoms with van der Waals surface area (Å²) in [4.78, 5) is 13.3. The van der Waals surface area contributed by atoms with Crippen LogP contribution < -0.4 is 5.73 Å². The van der Waals surface area contributed by atoms with E-state index in [0.29, 0.717) is 18.8 Å². The summed E-state index contributed by atoms with van der Waals surface area (Å²) in [6, 6.07) is -0.102. The summed E-state index contributed by atoms with van der Waals surface area (Å²) >= 11 is 0. The van der Waals surface area contributed by atoms with Gasteiger partial charge in [0.05, 0.1) is 0 Å². The first kappa shape index (κ1) is 17.3. The Morgan fingerprint density at radius 2 is 1.85 bits per heavy atom. The van der Waals surface area contributed by atoms with Crippen LogP contribution in [0.15, 0.2) is 0 Å². The number of alkyl halides is 3. The fourth-order valence-electron chi connectivity index (χ4n) is 3.02. The highest BCUT2D eigenvalue weighted by molar-refractivity contribution is 5.79. The maximum atomic E-state index is 12.6. The largest absolute Gasteiger partial charge is 0.406 e. The molecule has 118 valence electrons. The molecule has 4 unspecified atom stereocenters. The lowest BCUT2D eigenvalue weighted by Gasteiger charge is -2.38. The van der Waals surface area contributed by atoms with Crippen molar-refractivity contribution >= 4 is 5.91 Å². The highest BCUT2D eigenvalue weighted by Gasteiger charge is 2.40. The predicted molar refractivity (Wildman–Crippen MR) is 72.0 cm³/mol. The first-order valence-corrected chi connectivity index (χ1v) is 7.26. The summed E-state index contributed by atoms with van der Waals surface area (Å²) in [5.74, 6) is -0.365. The summed E-state index contributed by atoms with van der Waals surface area (Å²) in [5, 5.41) is 0. The molecule has 0 aromatic carbocycles. The number of hydrogen-bond acceptors (Lipinski definition) is 2. The van der Waals surface area contributed by atoms with Crippen molar-refractivity contribution in [1.82, 2.24) is 4.90 Å². The van der Waals surface area contributed by atoms with E-state index in [1.807, 2.05) is 13.8 Å². The highest BCUT2D eigenvalue weighted by Crippen LogP contribution is 2.34. The molecular formula is C14H25F3N2O. The number of amides is 1. The molecule has 0 saturated heterocycles. The van der Waals surface area contributed by atoms with Crippen LogP contribution in [-0.4, -0.2) is 36.1 Å². The summed E-state index contributed by atoms with van der Waals surface area (Å²) < 4.78 is 37.7. The molecule has 4 atom stereocenters. The topological polar surface area (TPSA) is 46.3 Å². The lowest BCUT2D eigenvalue weighted by molar-refractivity contribution is -0.165. The molecule has 1 fully saturated rings. The minimum absolute atomic E-state index is 0.0879. The highest BCUT2D eigenvalue weighted by atomic mass is 19.4. The molecule has 0 aromatic rings. The molecule has 0 spiro atoms. The molecule has 2 N–H and O–H groups in total. The molecule has 1 aliphatic carbocycles. The molecule has 20 heavy (non-hydrogen) atoms. The van der Waals surface area contributed by atoms with E-state index in [4.69, 9.17) is 5.73 Å². The van der Waals surface area contributed by atoms with E-state index in [2.05, 4.69) is 0 Å². The molecule has 0 bridgehead atoms. The Balaban J connectivity index is 2.78. The van der Waals surface area contributed by atoms with Gasteiger partial charge in [-0.3, -0.25) is 4.79 Å². The smallest absolute Gasteiger partial charge is 0.333 e. The summed E-state index contributed by atoms with van der Waals surface area (Å²) in [5.41, 5.74) is 5.98. The fraction of sp³-hybridized carbons (Fsp3) is 0.929. The van der Waals surface area contributed by atoms with E-state index >= 15 is 0 Å².